The summed E-state index contributed by atoms with van der Waals surface area (Å²) in [6, 6.07) is 17.7. The maximum atomic E-state index is 12.5. The molecule has 3 aromatic rings. The Balaban J connectivity index is 1.47. The molecule has 166 valence electrons. The zero-order valence-corrected chi connectivity index (χ0v) is 19.5. The summed E-state index contributed by atoms with van der Waals surface area (Å²) >= 11 is 7.04. The molecule has 1 aromatic heterocycles. The fraction of sp³-hybridized carbons (Fsp3) is 0.250. The van der Waals surface area contributed by atoms with Crippen molar-refractivity contribution in [2.75, 3.05) is 18.7 Å². The van der Waals surface area contributed by atoms with Gasteiger partial charge in [0.1, 0.15) is 5.00 Å². The SMILES string of the molecule is CCOC(=O)c1cc(Cc2ccccc2)sc1NC(=S)N[C@H](C)c1ccc2c(c1)OCO2. The third kappa shape index (κ3) is 5.20. The number of thiocarbonyl (C=S) groups is 1. The highest BCUT2D eigenvalue weighted by Crippen LogP contribution is 2.34. The molecule has 0 fully saturated rings. The van der Waals surface area contributed by atoms with E-state index in [4.69, 9.17) is 26.4 Å². The van der Waals surface area contributed by atoms with Crippen LogP contribution in [0.5, 0.6) is 11.5 Å². The molecule has 8 heteroatoms. The summed E-state index contributed by atoms with van der Waals surface area (Å²) in [5.74, 6) is 1.10. The molecule has 0 bridgehead atoms. The first-order chi connectivity index (χ1) is 15.5. The Bertz CT molecular complexity index is 1110. The number of nitrogens with one attached hydrogen (secondary N) is 2. The highest BCUT2D eigenvalue weighted by Gasteiger charge is 2.20. The lowest BCUT2D eigenvalue weighted by atomic mass is 10.1. The number of carbonyl (C=O) groups excluding carboxylic acids is 1. The molecule has 0 saturated carbocycles. The van der Waals surface area contributed by atoms with Crippen molar-refractivity contribution >= 4 is 39.6 Å². The molecule has 32 heavy (non-hydrogen) atoms. The van der Waals surface area contributed by atoms with Gasteiger partial charge in [-0.05, 0) is 55.4 Å². The van der Waals surface area contributed by atoms with Gasteiger partial charge in [-0.2, -0.15) is 0 Å². The van der Waals surface area contributed by atoms with Crippen LogP contribution in [0, 0.1) is 0 Å². The van der Waals surface area contributed by atoms with Crippen LogP contribution in [0.2, 0.25) is 0 Å². The number of rotatable bonds is 7. The van der Waals surface area contributed by atoms with E-state index >= 15 is 0 Å². The fourth-order valence-electron chi connectivity index (χ4n) is 3.38. The number of hydrogen-bond donors (Lipinski definition) is 2. The lowest BCUT2D eigenvalue weighted by Crippen LogP contribution is -2.31. The van der Waals surface area contributed by atoms with Crippen LogP contribution >= 0.6 is 23.6 Å². The van der Waals surface area contributed by atoms with Gasteiger partial charge in [0.05, 0.1) is 18.2 Å². The molecule has 0 amide bonds. The molecule has 0 radical (unpaired) electrons. The molecule has 1 aliphatic heterocycles. The van der Waals surface area contributed by atoms with Crippen LogP contribution in [0.4, 0.5) is 5.00 Å². The van der Waals surface area contributed by atoms with Gasteiger partial charge in [-0.25, -0.2) is 4.79 Å². The molecular formula is C24H24N2O4S2. The molecule has 0 saturated heterocycles. The molecule has 1 atom stereocenters. The van der Waals surface area contributed by atoms with Gasteiger partial charge in [-0.3, -0.25) is 0 Å². The quantitative estimate of drug-likeness (QED) is 0.361. The number of ether oxygens (including phenoxy) is 3. The van der Waals surface area contributed by atoms with Gasteiger partial charge in [0.25, 0.3) is 0 Å². The number of carbonyl (C=O) groups is 1. The molecule has 6 nitrogen and oxygen atoms in total. The zero-order chi connectivity index (χ0) is 22.5. The number of benzene rings is 2. The molecule has 2 aromatic carbocycles. The van der Waals surface area contributed by atoms with E-state index in [1.807, 2.05) is 49.4 Å². The number of anilines is 1. The molecule has 0 aliphatic carbocycles. The third-order valence-corrected chi connectivity index (χ3v) is 6.24. The van der Waals surface area contributed by atoms with Crippen molar-refractivity contribution in [3.8, 4) is 11.5 Å². The van der Waals surface area contributed by atoms with Crippen molar-refractivity contribution < 1.29 is 19.0 Å². The monoisotopic (exact) mass is 468 g/mol. The van der Waals surface area contributed by atoms with Crippen molar-refractivity contribution in [2.24, 2.45) is 0 Å². The normalized spacial score (nSPS) is 12.8. The predicted octanol–water partition coefficient (Wildman–Crippen LogP) is 5.29. The number of thiophene rings is 1. The van der Waals surface area contributed by atoms with E-state index in [-0.39, 0.29) is 18.8 Å². The van der Waals surface area contributed by atoms with E-state index in [1.54, 1.807) is 6.92 Å². The predicted molar refractivity (Wildman–Crippen MR) is 130 cm³/mol. The second kappa shape index (κ2) is 10.0. The Kier molecular flexibility index (Phi) is 6.92. The average molecular weight is 469 g/mol. The van der Waals surface area contributed by atoms with Crippen molar-refractivity contribution in [3.63, 3.8) is 0 Å². The molecule has 2 heterocycles. The van der Waals surface area contributed by atoms with Gasteiger partial charge in [0.15, 0.2) is 16.6 Å². The fourth-order valence-corrected chi connectivity index (χ4v) is 4.81. The second-order valence-electron chi connectivity index (χ2n) is 7.27. The largest absolute Gasteiger partial charge is 0.462 e. The first-order valence-corrected chi connectivity index (χ1v) is 11.6. The van der Waals surface area contributed by atoms with Crippen molar-refractivity contribution in [1.82, 2.24) is 5.32 Å². The van der Waals surface area contributed by atoms with Gasteiger partial charge in [0, 0.05) is 11.3 Å². The smallest absolute Gasteiger partial charge is 0.341 e. The topological polar surface area (TPSA) is 68.8 Å². The van der Waals surface area contributed by atoms with E-state index in [0.29, 0.717) is 22.3 Å². The number of hydrogen-bond acceptors (Lipinski definition) is 6. The van der Waals surface area contributed by atoms with Crippen LogP contribution in [-0.4, -0.2) is 24.5 Å². The first kappa shape index (κ1) is 22.1. The van der Waals surface area contributed by atoms with Crippen LogP contribution < -0.4 is 20.1 Å². The zero-order valence-electron chi connectivity index (χ0n) is 17.8. The van der Waals surface area contributed by atoms with Crippen molar-refractivity contribution in [2.45, 2.75) is 26.3 Å². The van der Waals surface area contributed by atoms with E-state index in [2.05, 4.69) is 22.8 Å². The summed E-state index contributed by atoms with van der Waals surface area (Å²) in [6.45, 7) is 4.35. The maximum Gasteiger partial charge on any atom is 0.341 e. The summed E-state index contributed by atoms with van der Waals surface area (Å²) in [4.78, 5) is 13.6. The summed E-state index contributed by atoms with van der Waals surface area (Å²) in [5, 5.41) is 7.56. The van der Waals surface area contributed by atoms with Crippen LogP contribution in [0.25, 0.3) is 0 Å². The van der Waals surface area contributed by atoms with Gasteiger partial charge >= 0.3 is 5.97 Å². The van der Waals surface area contributed by atoms with Gasteiger partial charge in [-0.1, -0.05) is 36.4 Å². The molecule has 2 N–H and O–H groups in total. The number of esters is 1. The Labute approximate surface area is 196 Å². The molecular weight excluding hydrogens is 444 g/mol. The number of fused-ring (bicyclic) bond motifs is 1. The summed E-state index contributed by atoms with van der Waals surface area (Å²) < 4.78 is 16.1. The van der Waals surface area contributed by atoms with E-state index in [1.165, 1.54) is 16.9 Å². The average Bonchev–Trinajstić information content (AvgIpc) is 3.40. The minimum Gasteiger partial charge on any atom is -0.462 e. The maximum absolute atomic E-state index is 12.5. The molecule has 0 unspecified atom stereocenters. The molecule has 0 spiro atoms. The standard InChI is InChI=1S/C24H24N2O4S2/c1-3-28-23(27)19-13-18(11-16-7-5-4-6-8-16)32-22(19)26-24(31)25-15(2)17-9-10-20-21(12-17)30-14-29-20/h4-10,12-13,15H,3,11,14H2,1-2H3,(H2,25,26,31)/t15-/m1/s1. The lowest BCUT2D eigenvalue weighted by molar-refractivity contribution is 0.0528. The van der Waals surface area contributed by atoms with E-state index in [9.17, 15) is 4.79 Å². The second-order valence-corrected chi connectivity index (χ2v) is 8.82. The van der Waals surface area contributed by atoms with E-state index in [0.717, 1.165) is 28.4 Å². The Morgan fingerprint density at radius 1 is 1.16 bits per heavy atom. The Morgan fingerprint density at radius 3 is 2.72 bits per heavy atom. The molecule has 1 aliphatic rings. The molecule has 4 rings (SSSR count). The summed E-state index contributed by atoms with van der Waals surface area (Å²) in [6.07, 6.45) is 0.730. The summed E-state index contributed by atoms with van der Waals surface area (Å²) in [5.41, 5.74) is 2.68. The lowest BCUT2D eigenvalue weighted by Gasteiger charge is -2.17. The minimum absolute atomic E-state index is 0.0701. The highest BCUT2D eigenvalue weighted by atomic mass is 32.1. The van der Waals surface area contributed by atoms with Gasteiger partial charge < -0.3 is 24.8 Å². The van der Waals surface area contributed by atoms with Crippen LogP contribution in [-0.2, 0) is 11.2 Å². The Morgan fingerprint density at radius 2 is 1.94 bits per heavy atom. The highest BCUT2D eigenvalue weighted by molar-refractivity contribution is 7.80. The Hall–Kier alpha value is -3.10. The first-order valence-electron chi connectivity index (χ1n) is 10.3. The van der Waals surface area contributed by atoms with Gasteiger partial charge in [-0.15, -0.1) is 11.3 Å². The van der Waals surface area contributed by atoms with Crippen molar-refractivity contribution in [3.05, 3.63) is 76.2 Å². The van der Waals surface area contributed by atoms with Crippen LogP contribution in [0.15, 0.2) is 54.6 Å². The van der Waals surface area contributed by atoms with Crippen LogP contribution in [0.3, 0.4) is 0 Å². The summed E-state index contributed by atoms with van der Waals surface area (Å²) in [7, 11) is 0. The van der Waals surface area contributed by atoms with Crippen LogP contribution in [0.1, 0.15) is 46.3 Å². The third-order valence-electron chi connectivity index (χ3n) is 4.97. The minimum atomic E-state index is -0.364. The van der Waals surface area contributed by atoms with Crippen molar-refractivity contribution in [1.29, 1.82) is 0 Å². The van der Waals surface area contributed by atoms with Gasteiger partial charge in [0.2, 0.25) is 6.79 Å². The van der Waals surface area contributed by atoms with E-state index < -0.39 is 0 Å².